The van der Waals surface area contributed by atoms with Gasteiger partial charge in [0.25, 0.3) is 0 Å². The Morgan fingerprint density at radius 2 is 0.867 bits per heavy atom. The third kappa shape index (κ3) is 15.0. The average molecular weight is 345 g/mol. The molecular weight excluding hydrogens is 318 g/mol. The highest BCUT2D eigenvalue weighted by molar-refractivity contribution is 14.1. The van der Waals surface area contributed by atoms with Crippen LogP contribution in [0.15, 0.2) is 0 Å². The number of halogens is 2. The molecule has 15 heavy (non-hydrogen) atoms. The van der Waals surface area contributed by atoms with Crippen molar-refractivity contribution in [3.05, 3.63) is 0 Å². The zero-order chi connectivity index (χ0) is 11.2. The molecule has 0 nitrogen and oxygen atoms in total. The van der Waals surface area contributed by atoms with Crippen molar-refractivity contribution in [2.24, 2.45) is 0 Å². The van der Waals surface area contributed by atoms with Gasteiger partial charge in [-0.25, -0.2) is 0 Å². The molecule has 0 heterocycles. The second-order valence-electron chi connectivity index (χ2n) is 4.27. The van der Waals surface area contributed by atoms with Crippen molar-refractivity contribution in [1.82, 2.24) is 0 Å². The molecule has 0 unspecified atom stereocenters. The van der Waals surface area contributed by atoms with Crippen molar-refractivity contribution in [1.29, 1.82) is 0 Å². The highest BCUT2D eigenvalue weighted by Gasteiger charge is 1.92. The maximum absolute atomic E-state index is 5.62. The fourth-order valence-corrected chi connectivity index (χ4v) is 2.51. The van der Waals surface area contributed by atoms with Gasteiger partial charge < -0.3 is 0 Å². The second kappa shape index (κ2) is 15.0. The summed E-state index contributed by atoms with van der Waals surface area (Å²) in [5.74, 6) is 0.844. The van der Waals surface area contributed by atoms with E-state index in [-0.39, 0.29) is 0 Å². The van der Waals surface area contributed by atoms with E-state index in [9.17, 15) is 0 Å². The normalized spacial score (nSPS) is 10.8. The van der Waals surface area contributed by atoms with Gasteiger partial charge in [-0.2, -0.15) is 0 Å². The maximum Gasteiger partial charge on any atom is 0.0223 e. The van der Waals surface area contributed by atoms with Crippen LogP contribution in [-0.4, -0.2) is 10.3 Å². The molecule has 2 heteroatoms. The van der Waals surface area contributed by atoms with Crippen LogP contribution in [0, 0.1) is 0 Å². The van der Waals surface area contributed by atoms with Crippen molar-refractivity contribution in [3.63, 3.8) is 0 Å². The average Bonchev–Trinajstić information content (AvgIpc) is 2.26. The minimum Gasteiger partial charge on any atom is -0.127 e. The molecule has 92 valence electrons. The summed E-state index contributed by atoms with van der Waals surface area (Å²) in [6.45, 7) is 0. The third-order valence-corrected chi connectivity index (χ3v) is 3.80. The standard InChI is InChI=1S/C13H26ClI/c14-12-10-8-6-4-2-1-3-5-7-9-11-13-15/h1-13H2. The van der Waals surface area contributed by atoms with Gasteiger partial charge in [0.15, 0.2) is 0 Å². The van der Waals surface area contributed by atoms with Gasteiger partial charge in [0.1, 0.15) is 0 Å². The molecule has 0 bridgehead atoms. The summed E-state index contributed by atoms with van der Waals surface area (Å²) in [5, 5.41) is 0. The van der Waals surface area contributed by atoms with Gasteiger partial charge in [-0.1, -0.05) is 80.4 Å². The second-order valence-corrected chi connectivity index (χ2v) is 5.72. The minimum absolute atomic E-state index is 0.844. The Kier molecular flexibility index (Phi) is 16.0. The summed E-state index contributed by atoms with van der Waals surface area (Å²) < 4.78 is 1.33. The van der Waals surface area contributed by atoms with Crippen molar-refractivity contribution in [2.45, 2.75) is 70.6 Å². The SMILES string of the molecule is ClCCCCCCCCCCCCCI. The molecule has 0 spiro atoms. The monoisotopic (exact) mass is 344 g/mol. The number of rotatable bonds is 12. The number of alkyl halides is 2. The summed E-state index contributed by atoms with van der Waals surface area (Å²) >= 11 is 8.09. The van der Waals surface area contributed by atoms with E-state index in [1.165, 1.54) is 75.1 Å². The van der Waals surface area contributed by atoms with E-state index in [1.807, 2.05) is 0 Å². The van der Waals surface area contributed by atoms with Crippen LogP contribution in [0.5, 0.6) is 0 Å². The lowest BCUT2D eigenvalue weighted by atomic mass is 10.1. The van der Waals surface area contributed by atoms with Crippen LogP contribution in [0.1, 0.15) is 70.6 Å². The summed E-state index contributed by atoms with van der Waals surface area (Å²) in [7, 11) is 0. The molecule has 0 radical (unpaired) electrons. The highest BCUT2D eigenvalue weighted by atomic mass is 127. The summed E-state index contributed by atoms with van der Waals surface area (Å²) in [6.07, 6.45) is 15.5. The fraction of sp³-hybridized carbons (Fsp3) is 1.00. The molecular formula is C13H26ClI. The molecule has 0 amide bonds. The van der Waals surface area contributed by atoms with Crippen LogP contribution in [0.2, 0.25) is 0 Å². The predicted molar refractivity (Wildman–Crippen MR) is 80.4 cm³/mol. The topological polar surface area (TPSA) is 0 Å². The van der Waals surface area contributed by atoms with E-state index in [2.05, 4.69) is 22.6 Å². The highest BCUT2D eigenvalue weighted by Crippen LogP contribution is 2.11. The number of hydrogen-bond donors (Lipinski definition) is 0. The lowest BCUT2D eigenvalue weighted by Crippen LogP contribution is -1.83. The van der Waals surface area contributed by atoms with Crippen LogP contribution in [0.3, 0.4) is 0 Å². The van der Waals surface area contributed by atoms with Gasteiger partial charge in [-0.15, -0.1) is 11.6 Å². The van der Waals surface area contributed by atoms with Crippen molar-refractivity contribution in [3.8, 4) is 0 Å². The quantitative estimate of drug-likeness (QED) is 0.233. The lowest BCUT2D eigenvalue weighted by molar-refractivity contribution is 0.556. The van der Waals surface area contributed by atoms with Gasteiger partial charge in [-0.05, 0) is 17.3 Å². The minimum atomic E-state index is 0.844. The van der Waals surface area contributed by atoms with Gasteiger partial charge >= 0.3 is 0 Å². The van der Waals surface area contributed by atoms with Crippen molar-refractivity contribution < 1.29 is 0 Å². The van der Waals surface area contributed by atoms with E-state index >= 15 is 0 Å². The zero-order valence-electron chi connectivity index (χ0n) is 9.95. The Morgan fingerprint density at radius 3 is 1.20 bits per heavy atom. The van der Waals surface area contributed by atoms with Crippen LogP contribution in [0.4, 0.5) is 0 Å². The number of unbranched alkanes of at least 4 members (excludes halogenated alkanes) is 10. The Bertz CT molecular complexity index is 94.7. The molecule has 0 fully saturated rings. The largest absolute Gasteiger partial charge is 0.127 e. The Hall–Kier alpha value is 1.02. The Balaban J connectivity index is 2.81. The summed E-state index contributed by atoms with van der Waals surface area (Å²) in [4.78, 5) is 0. The molecule has 0 N–H and O–H groups in total. The summed E-state index contributed by atoms with van der Waals surface area (Å²) in [5.41, 5.74) is 0. The molecule has 0 aliphatic heterocycles. The zero-order valence-corrected chi connectivity index (χ0v) is 12.9. The van der Waals surface area contributed by atoms with Crippen LogP contribution < -0.4 is 0 Å². The van der Waals surface area contributed by atoms with Gasteiger partial charge in [-0.3, -0.25) is 0 Å². The van der Waals surface area contributed by atoms with Gasteiger partial charge in [0.2, 0.25) is 0 Å². The van der Waals surface area contributed by atoms with Gasteiger partial charge in [0.05, 0.1) is 0 Å². The Labute approximate surface area is 115 Å². The summed E-state index contributed by atoms with van der Waals surface area (Å²) in [6, 6.07) is 0. The van der Waals surface area contributed by atoms with E-state index in [0.717, 1.165) is 5.88 Å². The predicted octanol–water partition coefficient (Wildman–Crippen LogP) is 5.95. The first-order valence-electron chi connectivity index (χ1n) is 6.53. The van der Waals surface area contributed by atoms with Crippen LogP contribution in [0.25, 0.3) is 0 Å². The molecule has 0 rings (SSSR count). The number of hydrogen-bond acceptors (Lipinski definition) is 0. The first-order valence-corrected chi connectivity index (χ1v) is 8.59. The lowest BCUT2D eigenvalue weighted by Gasteiger charge is -2.01. The van der Waals surface area contributed by atoms with Crippen molar-refractivity contribution >= 4 is 34.2 Å². The van der Waals surface area contributed by atoms with E-state index in [0.29, 0.717) is 0 Å². The fourth-order valence-electron chi connectivity index (χ4n) is 1.78. The molecule has 0 aromatic rings. The molecule has 0 aromatic heterocycles. The molecule has 0 aromatic carbocycles. The third-order valence-electron chi connectivity index (χ3n) is 2.77. The molecule has 0 aliphatic carbocycles. The Morgan fingerprint density at radius 1 is 0.533 bits per heavy atom. The maximum atomic E-state index is 5.62. The van der Waals surface area contributed by atoms with E-state index in [4.69, 9.17) is 11.6 Å². The molecule has 0 saturated heterocycles. The van der Waals surface area contributed by atoms with Gasteiger partial charge in [0, 0.05) is 5.88 Å². The first kappa shape index (κ1) is 16.0. The molecule has 0 atom stereocenters. The smallest absolute Gasteiger partial charge is 0.0223 e. The van der Waals surface area contributed by atoms with Crippen LogP contribution in [-0.2, 0) is 0 Å². The molecule has 0 aliphatic rings. The van der Waals surface area contributed by atoms with E-state index < -0.39 is 0 Å². The first-order chi connectivity index (χ1) is 7.41. The van der Waals surface area contributed by atoms with Crippen molar-refractivity contribution in [2.75, 3.05) is 10.3 Å². The van der Waals surface area contributed by atoms with Crippen LogP contribution >= 0.6 is 34.2 Å². The molecule has 0 saturated carbocycles. The van der Waals surface area contributed by atoms with E-state index in [1.54, 1.807) is 0 Å².